The third-order valence-electron chi connectivity index (χ3n) is 0.872. The maximum atomic E-state index is 9.82. The molecule has 0 aromatic carbocycles. The van der Waals surface area contributed by atoms with Gasteiger partial charge in [-0.2, -0.15) is 0 Å². The fraction of sp³-hybridized carbons (Fsp3) is 1.00. The molecule has 0 saturated carbocycles. The minimum atomic E-state index is -2.95. The van der Waals surface area contributed by atoms with Crippen molar-refractivity contribution < 1.29 is 43.2 Å². The van der Waals surface area contributed by atoms with Crippen LogP contribution >= 0.6 is 0 Å². The van der Waals surface area contributed by atoms with Gasteiger partial charge in [-0.15, -0.1) is 0 Å². The quantitative estimate of drug-likeness (QED) is 0.400. The van der Waals surface area contributed by atoms with Gasteiger partial charge in [0.2, 0.25) is 0 Å². The van der Waals surface area contributed by atoms with Gasteiger partial charge in [-0.1, -0.05) is 6.92 Å². The predicted octanol–water partition coefficient (Wildman–Crippen LogP) is -3.42. The number of hydrogen-bond donors (Lipinski definition) is 0. The second kappa shape index (κ2) is 6.73. The molecule has 1 unspecified atom stereocenters. The van der Waals surface area contributed by atoms with Crippen LogP contribution in [0, 0.1) is 0 Å². The van der Waals surface area contributed by atoms with Gasteiger partial charge in [0.15, 0.2) is 0 Å². The van der Waals surface area contributed by atoms with E-state index in [2.05, 4.69) is 4.43 Å². The third kappa shape index (κ3) is 8.62. The zero-order valence-electron chi connectivity index (χ0n) is 6.01. The van der Waals surface area contributed by atoms with Crippen molar-refractivity contribution in [2.24, 2.45) is 0 Å². The largest absolute Gasteiger partial charge is 1.00 e. The van der Waals surface area contributed by atoms with Gasteiger partial charge in [0.25, 0.3) is 0 Å². The smallest absolute Gasteiger partial charge is 0.585 e. The van der Waals surface area contributed by atoms with Gasteiger partial charge in [-0.3, -0.25) is 0 Å². The molecule has 0 N–H and O–H groups in total. The van der Waals surface area contributed by atoms with Gasteiger partial charge < -0.3 is 13.7 Å². The van der Waals surface area contributed by atoms with Crippen LogP contribution in [-0.4, -0.2) is 15.3 Å². The molecule has 0 heterocycles. The number of hydrogen-bond acceptors (Lipinski definition) is 3. The van der Waals surface area contributed by atoms with Crippen LogP contribution in [0.3, 0.4) is 0 Å². The van der Waals surface area contributed by atoms with Crippen LogP contribution in [0.15, 0.2) is 0 Å². The molecular formula is C4H9NaO3Si. The Morgan fingerprint density at radius 3 is 2.33 bits per heavy atom. The molecule has 0 saturated heterocycles. The molecule has 0 bridgehead atoms. The van der Waals surface area contributed by atoms with Crippen molar-refractivity contribution in [3.8, 4) is 0 Å². The van der Waals surface area contributed by atoms with Crippen molar-refractivity contribution >= 4 is 9.17 Å². The molecule has 0 amide bonds. The molecule has 0 rings (SSSR count). The first kappa shape index (κ1) is 12.3. The third-order valence-corrected chi connectivity index (χ3v) is 1.47. The maximum Gasteiger partial charge on any atom is 1.00 e. The van der Waals surface area contributed by atoms with E-state index >= 15 is 0 Å². The van der Waals surface area contributed by atoms with Crippen molar-refractivity contribution in [3.05, 3.63) is 0 Å². The van der Waals surface area contributed by atoms with E-state index in [0.29, 0.717) is 0 Å². The Bertz CT molecular complexity index is 87.9. The fourth-order valence-corrected chi connectivity index (χ4v) is 0.743. The molecule has 48 valence electrons. The summed E-state index contributed by atoms with van der Waals surface area (Å²) in [6, 6.07) is 0. The molecule has 5 heteroatoms. The minimum absolute atomic E-state index is 0. The van der Waals surface area contributed by atoms with E-state index in [1.165, 1.54) is 0 Å². The van der Waals surface area contributed by atoms with Crippen molar-refractivity contribution in [2.45, 2.75) is 26.4 Å². The van der Waals surface area contributed by atoms with E-state index in [0.717, 1.165) is 6.42 Å². The normalized spacial score (nSPS) is 11.3. The Hall–Kier alpha value is 0.617. The Kier molecular flexibility index (Phi) is 9.21. The summed E-state index contributed by atoms with van der Waals surface area (Å²) >= 11 is 0. The summed E-state index contributed by atoms with van der Waals surface area (Å²) in [6.07, 6.45) is 0.581. The molecule has 0 aromatic rings. The predicted molar refractivity (Wildman–Crippen MR) is 27.3 cm³/mol. The number of rotatable bonds is 3. The van der Waals surface area contributed by atoms with Gasteiger partial charge in [-0.25, -0.2) is 0 Å². The zero-order valence-corrected chi connectivity index (χ0v) is 9.01. The molecule has 0 aliphatic carbocycles. The van der Waals surface area contributed by atoms with E-state index in [-0.39, 0.29) is 35.7 Å². The molecule has 3 nitrogen and oxygen atoms in total. The van der Waals surface area contributed by atoms with E-state index in [1.807, 2.05) is 6.92 Å². The van der Waals surface area contributed by atoms with Crippen molar-refractivity contribution in [1.82, 2.24) is 0 Å². The monoisotopic (exact) mass is 156 g/mol. The van der Waals surface area contributed by atoms with Gasteiger partial charge >= 0.3 is 38.7 Å². The van der Waals surface area contributed by atoms with Crippen molar-refractivity contribution in [1.29, 1.82) is 0 Å². The van der Waals surface area contributed by atoms with E-state index in [4.69, 9.17) is 0 Å². The second-order valence-electron chi connectivity index (χ2n) is 1.59. The first-order valence-corrected chi connectivity index (χ1v) is 3.77. The van der Waals surface area contributed by atoms with Crippen LogP contribution in [0.25, 0.3) is 0 Å². The molecule has 0 spiro atoms. The molecule has 0 aromatic heterocycles. The van der Waals surface area contributed by atoms with Gasteiger partial charge in [0.1, 0.15) is 0 Å². The topological polar surface area (TPSA) is 49.4 Å². The van der Waals surface area contributed by atoms with Gasteiger partial charge in [-0.05, 0) is 13.3 Å². The molecular weight excluding hydrogens is 147 g/mol. The van der Waals surface area contributed by atoms with E-state index < -0.39 is 9.17 Å². The zero-order chi connectivity index (χ0) is 6.57. The Balaban J connectivity index is 0. The Morgan fingerprint density at radius 1 is 1.78 bits per heavy atom. The standard InChI is InChI=1S/C4H9O3Si.Na/c1-3-4(2)7-8(5)6;/h4H,3H2,1-2H3;/q-1;+1. The summed E-state index contributed by atoms with van der Waals surface area (Å²) in [5.41, 5.74) is 0. The van der Waals surface area contributed by atoms with Crippen LogP contribution in [0.2, 0.25) is 0 Å². The first-order valence-electron chi connectivity index (χ1n) is 2.54. The van der Waals surface area contributed by atoms with E-state index in [9.17, 15) is 9.26 Å². The fourth-order valence-electron chi connectivity index (χ4n) is 0.248. The average molecular weight is 156 g/mol. The van der Waals surface area contributed by atoms with Crippen LogP contribution in [-0.2, 0) is 8.89 Å². The second-order valence-corrected chi connectivity index (χ2v) is 2.32. The minimum Gasteiger partial charge on any atom is -0.585 e. The summed E-state index contributed by atoms with van der Waals surface area (Å²) in [5, 5.41) is 0. The summed E-state index contributed by atoms with van der Waals surface area (Å²) in [5.74, 6) is 0. The summed E-state index contributed by atoms with van der Waals surface area (Å²) in [4.78, 5) is 9.82. The van der Waals surface area contributed by atoms with Crippen LogP contribution in [0.5, 0.6) is 0 Å². The van der Waals surface area contributed by atoms with Crippen molar-refractivity contribution in [3.63, 3.8) is 0 Å². The molecule has 1 atom stereocenters. The first-order chi connectivity index (χ1) is 3.66. The molecule has 0 fully saturated rings. The van der Waals surface area contributed by atoms with Gasteiger partial charge in [0, 0.05) is 6.10 Å². The van der Waals surface area contributed by atoms with Crippen molar-refractivity contribution in [2.75, 3.05) is 0 Å². The maximum absolute atomic E-state index is 9.82. The molecule has 0 aliphatic rings. The summed E-state index contributed by atoms with van der Waals surface area (Å²) < 4.78 is 14.2. The van der Waals surface area contributed by atoms with Gasteiger partial charge in [0.05, 0.1) is 0 Å². The van der Waals surface area contributed by atoms with Crippen LogP contribution < -0.4 is 34.4 Å². The molecule has 9 heavy (non-hydrogen) atoms. The summed E-state index contributed by atoms with van der Waals surface area (Å²) in [7, 11) is -2.95. The van der Waals surface area contributed by atoms with Crippen LogP contribution in [0.4, 0.5) is 0 Å². The Labute approximate surface area is 78.6 Å². The summed E-state index contributed by atoms with van der Waals surface area (Å²) in [6.45, 7) is 3.59. The Morgan fingerprint density at radius 2 is 2.22 bits per heavy atom. The van der Waals surface area contributed by atoms with E-state index in [1.54, 1.807) is 6.92 Å². The molecule has 0 aliphatic heterocycles. The average Bonchev–Trinajstić information content (AvgIpc) is 1.65. The van der Waals surface area contributed by atoms with Crippen LogP contribution in [0.1, 0.15) is 20.3 Å². The SMILES string of the molecule is CCC(C)O[Si](=O)[O-].[Na+]. The molecule has 0 radical (unpaired) electrons.